The number of aromatic nitrogens is 4. The number of fused-ring (bicyclic) bond motifs is 9. The highest BCUT2D eigenvalue weighted by atomic mass is 16.3. The van der Waals surface area contributed by atoms with Gasteiger partial charge in [-0.05, 0) is 88.9 Å². The molecule has 0 radical (unpaired) electrons. The first-order valence-corrected chi connectivity index (χ1v) is 20.0. The Morgan fingerprint density at radius 1 is 0.381 bits per heavy atom. The van der Waals surface area contributed by atoms with E-state index in [4.69, 9.17) is 34.8 Å². The highest BCUT2D eigenvalue weighted by molar-refractivity contribution is 6.13. The van der Waals surface area contributed by atoms with Crippen LogP contribution in [0.4, 0.5) is 0 Å². The average molecular weight is 820 g/mol. The molecule has 0 saturated heterocycles. The van der Waals surface area contributed by atoms with Crippen LogP contribution in [0.1, 0.15) is 17.8 Å². The number of benzene rings is 9. The van der Waals surface area contributed by atoms with E-state index in [0.717, 1.165) is 37.6 Å². The van der Waals surface area contributed by atoms with Crippen LogP contribution in [-0.2, 0) is 0 Å². The van der Waals surface area contributed by atoms with Gasteiger partial charge in [-0.15, -0.1) is 0 Å². The Morgan fingerprint density at radius 3 is 1.75 bits per heavy atom. The number of para-hydroxylation sites is 2. The molecule has 13 rings (SSSR count). The topological polar surface area (TPSA) is 69.9 Å². The maximum absolute atomic E-state index is 9.65. The molecule has 13 aromatic rings. The van der Waals surface area contributed by atoms with E-state index in [1.54, 1.807) is 0 Å². The van der Waals surface area contributed by atoms with Gasteiger partial charge in [0.05, 0.1) is 28.9 Å². The Balaban J connectivity index is 1.05. The fourth-order valence-corrected chi connectivity index (χ4v) is 8.36. The van der Waals surface area contributed by atoms with Gasteiger partial charge in [0.2, 0.25) is 0 Å². The van der Waals surface area contributed by atoms with Crippen LogP contribution in [0.5, 0.6) is 0 Å². The molecule has 0 aliphatic heterocycles. The zero-order valence-electron chi connectivity index (χ0n) is 45.7. The second-order valence-electron chi connectivity index (χ2n) is 15.0. The Labute approximate surface area is 379 Å². The first kappa shape index (κ1) is 24.6. The lowest BCUT2D eigenvalue weighted by Crippen LogP contribution is -2.00. The first-order valence-electron chi connectivity index (χ1n) is 26.5. The normalized spacial score (nSPS) is 14.7. The summed E-state index contributed by atoms with van der Waals surface area (Å²) in [6, 6.07) is 32.6. The van der Waals surface area contributed by atoms with Crippen LogP contribution in [0.2, 0.25) is 0 Å². The lowest BCUT2D eigenvalue weighted by molar-refractivity contribution is 0.668. The van der Waals surface area contributed by atoms with E-state index >= 15 is 0 Å². The van der Waals surface area contributed by atoms with Crippen molar-refractivity contribution >= 4 is 65.7 Å². The molecule has 0 aliphatic carbocycles. The highest BCUT2D eigenvalue weighted by Crippen LogP contribution is 2.40. The number of hydrogen-bond acceptors (Lipinski definition) is 5. The first-order chi connectivity index (χ1) is 36.6. The molecule has 0 amide bonds. The van der Waals surface area contributed by atoms with Crippen molar-refractivity contribution in [2.75, 3.05) is 0 Å². The Bertz CT molecular complexity index is 4610. The molecule has 0 aliphatic rings. The van der Waals surface area contributed by atoms with Gasteiger partial charge in [0.15, 0.2) is 17.5 Å². The summed E-state index contributed by atoms with van der Waals surface area (Å²) in [6.45, 7) is 0. The van der Waals surface area contributed by atoms with E-state index in [1.165, 1.54) is 6.07 Å². The summed E-state index contributed by atoms with van der Waals surface area (Å²) >= 11 is 0. The Morgan fingerprint density at radius 2 is 0.984 bits per heavy atom. The van der Waals surface area contributed by atoms with E-state index in [1.807, 2.05) is 121 Å². The lowest BCUT2D eigenvalue weighted by Gasteiger charge is -2.10. The van der Waals surface area contributed by atoms with Gasteiger partial charge in [0.1, 0.15) is 22.3 Å². The predicted molar refractivity (Wildman–Crippen MR) is 256 cm³/mol. The number of nitrogens with zero attached hydrogens (tertiary/aromatic N) is 4. The van der Waals surface area contributed by atoms with Gasteiger partial charge in [0.25, 0.3) is 0 Å². The molecule has 0 bridgehead atoms. The molecule has 4 aromatic heterocycles. The van der Waals surface area contributed by atoms with Gasteiger partial charge in [0, 0.05) is 60.7 Å². The van der Waals surface area contributed by atoms with Crippen molar-refractivity contribution in [1.29, 1.82) is 0 Å². The SMILES string of the molecule is [2H]c1c(-c2nc(-c3cccc(-c4ccccc4)c3)nc(-c3ccc4oc5cccc(-c6ccccc6)c5c4c3)n2)cc2oc3c([2H])c(-n4c5c([2H])c([2H])c([2H])c([2H])c5c5c([2H])c([2H])c([2H])c([2H])c54)c([2H])c([2H])c3c2c1[2H]. The molecule has 0 N–H and O–H groups in total. The Hall–Kier alpha value is -8.61. The van der Waals surface area contributed by atoms with E-state index < -0.39 is 78.2 Å². The van der Waals surface area contributed by atoms with Crippen LogP contribution >= 0.6 is 0 Å². The van der Waals surface area contributed by atoms with Crippen LogP contribution in [0.25, 0.3) is 128 Å². The Kier molecular flexibility index (Phi) is 5.46. The number of furan rings is 2. The number of rotatable bonds is 6. The van der Waals surface area contributed by atoms with Crippen molar-refractivity contribution in [3.05, 3.63) is 206 Å². The minimum atomic E-state index is -0.693. The predicted octanol–water partition coefficient (Wildman–Crippen LogP) is 15.1. The van der Waals surface area contributed by atoms with Gasteiger partial charge in [-0.1, -0.05) is 133 Å². The quantitative estimate of drug-likeness (QED) is 0.167. The van der Waals surface area contributed by atoms with Crippen LogP contribution in [-0.4, -0.2) is 19.5 Å². The fraction of sp³-hybridized carbons (Fsp3) is 0. The van der Waals surface area contributed by atoms with Crippen molar-refractivity contribution in [1.82, 2.24) is 19.5 Å². The van der Waals surface area contributed by atoms with Crippen molar-refractivity contribution < 1.29 is 26.7 Å². The maximum Gasteiger partial charge on any atom is 0.164 e. The van der Waals surface area contributed by atoms with Crippen molar-refractivity contribution in [2.24, 2.45) is 0 Å². The summed E-state index contributed by atoms with van der Waals surface area (Å²) in [5.74, 6) is 0.491. The molecular formula is C57H34N4O2. The monoisotopic (exact) mass is 819 g/mol. The largest absolute Gasteiger partial charge is 0.456 e. The van der Waals surface area contributed by atoms with Crippen molar-refractivity contribution in [3.63, 3.8) is 0 Å². The molecule has 0 fully saturated rings. The molecule has 4 heterocycles. The molecule has 6 nitrogen and oxygen atoms in total. The minimum Gasteiger partial charge on any atom is -0.456 e. The molecule has 9 aromatic carbocycles. The van der Waals surface area contributed by atoms with Crippen molar-refractivity contribution in [3.8, 4) is 62.1 Å². The molecule has 6 heteroatoms. The fourth-order valence-electron chi connectivity index (χ4n) is 8.36. The summed E-state index contributed by atoms with van der Waals surface area (Å²) in [6.07, 6.45) is 0. The molecule has 0 unspecified atom stereocenters. The lowest BCUT2D eigenvalue weighted by atomic mass is 9.99. The van der Waals surface area contributed by atoms with E-state index in [2.05, 4.69) is 0 Å². The minimum absolute atomic E-state index is 0.000654. The van der Waals surface area contributed by atoms with E-state index in [0.29, 0.717) is 22.3 Å². The summed E-state index contributed by atoms with van der Waals surface area (Å²) in [7, 11) is 0. The van der Waals surface area contributed by atoms with Crippen LogP contribution in [0.15, 0.2) is 215 Å². The summed E-state index contributed by atoms with van der Waals surface area (Å²) in [4.78, 5) is 15.0. The molecule has 0 spiro atoms. The van der Waals surface area contributed by atoms with Crippen LogP contribution in [0, 0.1) is 0 Å². The average Bonchev–Trinajstić information content (AvgIpc) is 4.36. The zero-order chi connectivity index (χ0) is 52.7. The molecule has 0 saturated carbocycles. The van der Waals surface area contributed by atoms with Crippen LogP contribution in [0.3, 0.4) is 0 Å². The third-order valence-electron chi connectivity index (χ3n) is 11.3. The van der Waals surface area contributed by atoms with Gasteiger partial charge >= 0.3 is 0 Å². The highest BCUT2D eigenvalue weighted by Gasteiger charge is 2.19. The van der Waals surface area contributed by atoms with Gasteiger partial charge in [-0.3, -0.25) is 0 Å². The van der Waals surface area contributed by atoms with Gasteiger partial charge in [-0.2, -0.15) is 0 Å². The standard InChI is InChI=1S/C57H34N4O2/c1-3-13-35(14-4-1)37-17-11-18-38(31-37)55-58-56(39-26-30-50-47(32-39)54-42(21-12-24-51(54)62-50)36-15-5-2-6-16-36)60-57(59-55)40-25-28-45-46-29-27-41(34-53(46)63-52(45)33-40)61-48-22-9-7-19-43(48)44-20-8-10-23-49(44)61/h1-34H/i7D,8D,9D,10D,19D,20D,22D,23D,25D,27D,28D,29D,34D. The summed E-state index contributed by atoms with van der Waals surface area (Å²) in [5, 5.41) is 0.952. The molecule has 63 heavy (non-hydrogen) atoms. The second-order valence-corrected chi connectivity index (χ2v) is 15.0. The molecule has 0 atom stereocenters. The smallest absolute Gasteiger partial charge is 0.164 e. The third-order valence-corrected chi connectivity index (χ3v) is 11.3. The van der Waals surface area contributed by atoms with Gasteiger partial charge in [-0.25, -0.2) is 15.0 Å². The van der Waals surface area contributed by atoms with Crippen molar-refractivity contribution in [2.45, 2.75) is 0 Å². The van der Waals surface area contributed by atoms with E-state index in [9.17, 15) is 6.85 Å². The third kappa shape index (κ3) is 5.76. The zero-order valence-corrected chi connectivity index (χ0v) is 32.7. The number of hydrogen-bond donors (Lipinski definition) is 0. The second kappa shape index (κ2) is 14.0. The van der Waals surface area contributed by atoms with Gasteiger partial charge < -0.3 is 13.4 Å². The summed E-state index contributed by atoms with van der Waals surface area (Å²) < 4.78 is 131. The van der Waals surface area contributed by atoms with Crippen LogP contribution < -0.4 is 0 Å². The molecular weight excluding hydrogens is 773 g/mol. The summed E-state index contributed by atoms with van der Waals surface area (Å²) in [5.41, 5.74) is 4.90. The molecule has 294 valence electrons. The maximum atomic E-state index is 9.65. The van der Waals surface area contributed by atoms with E-state index in [-0.39, 0.29) is 72.8 Å².